The number of nitrogens with zero attached hydrogens (tertiary/aromatic N) is 7. The van der Waals surface area contributed by atoms with Crippen molar-refractivity contribution >= 4 is 52.3 Å². The Kier molecular flexibility index (Phi) is 8.09. The van der Waals surface area contributed by atoms with Gasteiger partial charge in [0.25, 0.3) is 17.6 Å². The second-order valence-corrected chi connectivity index (χ2v) is 9.54. The molecule has 0 unspecified atom stereocenters. The van der Waals surface area contributed by atoms with E-state index in [-0.39, 0.29) is 49.6 Å². The van der Waals surface area contributed by atoms with Gasteiger partial charge in [-0.1, -0.05) is 34.8 Å². The van der Waals surface area contributed by atoms with E-state index < -0.39 is 30.4 Å². The first-order valence-electron chi connectivity index (χ1n) is 11.0. The Labute approximate surface area is 233 Å². The fraction of sp³-hybridized carbons (Fsp3) is 0.227. The number of hydrogen-bond donors (Lipinski definition) is 2. The number of rotatable bonds is 7. The lowest BCUT2D eigenvalue weighted by atomic mass is 10.1. The highest BCUT2D eigenvalue weighted by molar-refractivity contribution is 6.38. The molecule has 0 aliphatic rings. The van der Waals surface area contributed by atoms with Crippen LogP contribution in [0.2, 0.25) is 15.1 Å². The van der Waals surface area contributed by atoms with Crippen molar-refractivity contribution in [3.05, 3.63) is 74.4 Å². The van der Waals surface area contributed by atoms with E-state index in [0.29, 0.717) is 4.68 Å². The number of tetrazole rings is 1. The van der Waals surface area contributed by atoms with E-state index >= 15 is 0 Å². The Morgan fingerprint density at radius 2 is 1.82 bits per heavy atom. The molecule has 11 nitrogen and oxygen atoms in total. The quantitative estimate of drug-likeness (QED) is 0.314. The van der Waals surface area contributed by atoms with Gasteiger partial charge in [-0.3, -0.25) is 9.59 Å². The summed E-state index contributed by atoms with van der Waals surface area (Å²) in [5.41, 5.74) is -0.279. The maximum absolute atomic E-state index is 13.5. The number of halogens is 6. The summed E-state index contributed by atoms with van der Waals surface area (Å²) in [5.74, 6) is -2.72. The molecule has 0 saturated carbocycles. The highest BCUT2D eigenvalue weighted by Crippen LogP contribution is 2.32. The molecule has 0 spiro atoms. The van der Waals surface area contributed by atoms with Gasteiger partial charge in [0.15, 0.2) is 5.82 Å². The minimum Gasteiger partial charge on any atom is -0.350 e. The van der Waals surface area contributed by atoms with Crippen molar-refractivity contribution in [1.82, 2.24) is 40.3 Å². The molecule has 17 heteroatoms. The normalized spacial score (nSPS) is 11.6. The molecule has 0 radical (unpaired) electrons. The van der Waals surface area contributed by atoms with Crippen molar-refractivity contribution < 1.29 is 22.8 Å². The van der Waals surface area contributed by atoms with Crippen molar-refractivity contribution in [3.63, 3.8) is 0 Å². The summed E-state index contributed by atoms with van der Waals surface area (Å²) in [6.07, 6.45) is -3.44. The van der Waals surface area contributed by atoms with Crippen LogP contribution in [0.5, 0.6) is 0 Å². The molecule has 3 heterocycles. The van der Waals surface area contributed by atoms with Gasteiger partial charge in [0.05, 0.1) is 33.5 Å². The standard InChI is InChI=1S/C22H17Cl3F3N9O2/c1-10(2)30-19(38)13-6-11(23)7-15(25)17(13)31-20(39)16-8-12(9-36-21(22(26,27)28)32-34-35-36)33-37(16)18-14(24)4-3-5-29-18/h3-8,10H,9H2,1-2H3,(H,30,38)(H,31,39). The monoisotopic (exact) mass is 601 g/mol. The van der Waals surface area contributed by atoms with Gasteiger partial charge in [-0.25, -0.2) is 14.3 Å². The van der Waals surface area contributed by atoms with Gasteiger partial charge in [0.1, 0.15) is 5.69 Å². The highest BCUT2D eigenvalue weighted by atomic mass is 35.5. The predicted octanol–water partition coefficient (Wildman–Crippen LogP) is 4.67. The summed E-state index contributed by atoms with van der Waals surface area (Å²) in [6.45, 7) is 2.95. The number of alkyl halides is 3. The van der Waals surface area contributed by atoms with Gasteiger partial charge < -0.3 is 10.6 Å². The summed E-state index contributed by atoms with van der Waals surface area (Å²) >= 11 is 18.7. The van der Waals surface area contributed by atoms with E-state index in [1.54, 1.807) is 19.9 Å². The van der Waals surface area contributed by atoms with E-state index in [2.05, 4.69) is 36.2 Å². The Hall–Kier alpha value is -3.75. The first-order valence-corrected chi connectivity index (χ1v) is 12.1. The smallest absolute Gasteiger partial charge is 0.350 e. The lowest BCUT2D eigenvalue weighted by Gasteiger charge is -2.15. The largest absolute Gasteiger partial charge is 0.453 e. The minimum absolute atomic E-state index is 0.0137. The molecule has 0 bridgehead atoms. The average Bonchev–Trinajstić information content (AvgIpc) is 3.48. The number of hydrogen-bond acceptors (Lipinski definition) is 7. The Balaban J connectivity index is 1.77. The van der Waals surface area contributed by atoms with Crippen LogP contribution in [-0.2, 0) is 12.7 Å². The summed E-state index contributed by atoms with van der Waals surface area (Å²) in [5, 5.41) is 19.1. The zero-order valence-corrected chi connectivity index (χ0v) is 22.2. The van der Waals surface area contributed by atoms with Gasteiger partial charge in [0.2, 0.25) is 0 Å². The van der Waals surface area contributed by atoms with Crippen LogP contribution in [0, 0.1) is 0 Å². The molecule has 204 valence electrons. The van der Waals surface area contributed by atoms with Crippen LogP contribution < -0.4 is 10.6 Å². The fourth-order valence-electron chi connectivity index (χ4n) is 3.43. The van der Waals surface area contributed by atoms with Gasteiger partial charge in [-0.2, -0.15) is 18.3 Å². The number of carbonyl (C=O) groups excluding carboxylic acids is 2. The number of benzene rings is 1. The van der Waals surface area contributed by atoms with Crippen molar-refractivity contribution in [1.29, 1.82) is 0 Å². The third-order valence-electron chi connectivity index (χ3n) is 4.99. The van der Waals surface area contributed by atoms with Gasteiger partial charge in [-0.05, 0) is 54.6 Å². The first-order chi connectivity index (χ1) is 18.3. The predicted molar refractivity (Wildman–Crippen MR) is 135 cm³/mol. The average molecular weight is 603 g/mol. The third kappa shape index (κ3) is 6.29. The number of nitrogens with one attached hydrogen (secondary N) is 2. The number of aromatic nitrogens is 7. The topological polar surface area (TPSA) is 133 Å². The fourth-order valence-corrected chi connectivity index (χ4v) is 4.17. The third-order valence-corrected chi connectivity index (χ3v) is 5.80. The van der Waals surface area contributed by atoms with Crippen LogP contribution in [0.4, 0.5) is 18.9 Å². The molecule has 0 atom stereocenters. The molecule has 3 aromatic heterocycles. The number of anilines is 1. The van der Waals surface area contributed by atoms with Gasteiger partial charge in [0, 0.05) is 17.3 Å². The summed E-state index contributed by atoms with van der Waals surface area (Å²) < 4.78 is 41.3. The molecular weight excluding hydrogens is 586 g/mol. The maximum atomic E-state index is 13.5. The highest BCUT2D eigenvalue weighted by Gasteiger charge is 2.38. The molecule has 1 aromatic carbocycles. The molecule has 2 amide bonds. The van der Waals surface area contributed by atoms with Crippen LogP contribution in [0.25, 0.3) is 5.82 Å². The second kappa shape index (κ2) is 11.2. The molecule has 0 aliphatic carbocycles. The lowest BCUT2D eigenvalue weighted by molar-refractivity contribution is -0.147. The zero-order chi connectivity index (χ0) is 28.5. The molecule has 0 aliphatic heterocycles. The number of amides is 2. The van der Waals surface area contributed by atoms with E-state index in [1.165, 1.54) is 30.5 Å². The maximum Gasteiger partial charge on any atom is 0.453 e. The van der Waals surface area contributed by atoms with Crippen molar-refractivity contribution in [2.45, 2.75) is 32.6 Å². The molecule has 4 aromatic rings. The summed E-state index contributed by atoms with van der Waals surface area (Å²) in [6, 6.07) is 6.66. The Morgan fingerprint density at radius 1 is 1.08 bits per heavy atom. The van der Waals surface area contributed by atoms with Crippen LogP contribution >= 0.6 is 34.8 Å². The molecule has 2 N–H and O–H groups in total. The SMILES string of the molecule is CC(C)NC(=O)c1cc(Cl)cc(Cl)c1NC(=O)c1cc(Cn2nnnc2C(F)(F)F)nn1-c1ncccc1Cl. The Morgan fingerprint density at radius 3 is 2.49 bits per heavy atom. The van der Waals surface area contributed by atoms with Crippen molar-refractivity contribution in [2.24, 2.45) is 0 Å². The lowest BCUT2D eigenvalue weighted by Crippen LogP contribution is -2.31. The van der Waals surface area contributed by atoms with Gasteiger partial charge >= 0.3 is 6.18 Å². The number of carbonyl (C=O) groups is 2. The van der Waals surface area contributed by atoms with E-state index in [4.69, 9.17) is 34.8 Å². The summed E-state index contributed by atoms with van der Waals surface area (Å²) in [4.78, 5) is 30.4. The van der Waals surface area contributed by atoms with Crippen molar-refractivity contribution in [3.8, 4) is 5.82 Å². The van der Waals surface area contributed by atoms with E-state index in [1.807, 2.05) is 0 Å². The zero-order valence-electron chi connectivity index (χ0n) is 20.0. The van der Waals surface area contributed by atoms with Crippen LogP contribution in [-0.4, -0.2) is 52.8 Å². The number of pyridine rings is 1. The van der Waals surface area contributed by atoms with E-state index in [0.717, 1.165) is 4.68 Å². The molecule has 0 fully saturated rings. The second-order valence-electron chi connectivity index (χ2n) is 8.29. The van der Waals surface area contributed by atoms with Gasteiger partial charge in [-0.15, -0.1) is 5.10 Å². The van der Waals surface area contributed by atoms with Crippen molar-refractivity contribution in [2.75, 3.05) is 5.32 Å². The molecule has 0 saturated heterocycles. The minimum atomic E-state index is -4.82. The molecule has 4 rings (SSSR count). The van der Waals surface area contributed by atoms with Crippen LogP contribution in [0.3, 0.4) is 0 Å². The van der Waals surface area contributed by atoms with Crippen LogP contribution in [0.15, 0.2) is 36.5 Å². The van der Waals surface area contributed by atoms with Crippen LogP contribution in [0.1, 0.15) is 46.2 Å². The first kappa shape index (κ1) is 28.3. The Bertz CT molecular complexity index is 1550. The molecular formula is C22H17Cl3F3N9O2. The summed E-state index contributed by atoms with van der Waals surface area (Å²) in [7, 11) is 0. The van der Waals surface area contributed by atoms with E-state index in [9.17, 15) is 22.8 Å². The molecule has 39 heavy (non-hydrogen) atoms.